The minimum Gasteiger partial charge on any atom is -0.309 e. The molecule has 0 bridgehead atoms. The van der Waals surface area contributed by atoms with Crippen molar-refractivity contribution in [1.82, 2.24) is 9.88 Å². The second-order valence-corrected chi connectivity index (χ2v) is 10.0. The van der Waals surface area contributed by atoms with E-state index in [2.05, 4.69) is 9.88 Å². The van der Waals surface area contributed by atoms with Crippen molar-refractivity contribution in [3.63, 3.8) is 0 Å². The first kappa shape index (κ1) is 25.8. The van der Waals surface area contributed by atoms with Crippen molar-refractivity contribution in [3.8, 4) is 28.2 Å². The lowest BCUT2D eigenvalue weighted by Crippen LogP contribution is -2.54. The topological polar surface area (TPSA) is 71.4 Å². The minimum atomic E-state index is -0.766. The number of aromatic nitrogens is 1. The van der Waals surface area contributed by atoms with E-state index < -0.39 is 17.8 Å². The Hall–Kier alpha value is -5.49. The molecular formula is C35H27N3O3. The number of nitrogens with zero attached hydrogens (tertiary/aromatic N) is 2. The number of anilines is 1. The third-order valence-electron chi connectivity index (χ3n) is 7.03. The summed E-state index contributed by atoms with van der Waals surface area (Å²) in [6.07, 6.45) is 1.59. The van der Waals surface area contributed by atoms with Gasteiger partial charge in [-0.05, 0) is 72.5 Å². The van der Waals surface area contributed by atoms with E-state index >= 15 is 0 Å². The summed E-state index contributed by atoms with van der Waals surface area (Å²) in [6, 6.07) is 36.5. The molecule has 4 aromatic carbocycles. The Morgan fingerprint density at radius 2 is 1.20 bits per heavy atom. The van der Waals surface area contributed by atoms with Crippen LogP contribution in [0.2, 0.25) is 0 Å². The Morgan fingerprint density at radius 1 is 0.634 bits per heavy atom. The third-order valence-corrected chi connectivity index (χ3v) is 7.03. The monoisotopic (exact) mass is 537 g/mol. The number of carbonyl (C=O) groups excluding carboxylic acids is 3. The summed E-state index contributed by atoms with van der Waals surface area (Å²) in [6.45, 7) is 3.79. The minimum absolute atomic E-state index is 0.120. The Bertz CT molecular complexity index is 1800. The summed E-state index contributed by atoms with van der Waals surface area (Å²) < 4.78 is 2.13. The van der Waals surface area contributed by atoms with Gasteiger partial charge in [-0.1, -0.05) is 84.9 Å². The first-order valence-electron chi connectivity index (χ1n) is 13.3. The lowest BCUT2D eigenvalue weighted by molar-refractivity contribution is -0.122. The first-order chi connectivity index (χ1) is 19.9. The van der Waals surface area contributed by atoms with Crippen LogP contribution in [-0.2, 0) is 9.59 Å². The number of barbiturate groups is 1. The highest BCUT2D eigenvalue weighted by molar-refractivity contribution is 6.39. The summed E-state index contributed by atoms with van der Waals surface area (Å²) in [4.78, 5) is 40.9. The highest BCUT2D eigenvalue weighted by atomic mass is 16.2. The quantitative estimate of drug-likeness (QED) is 0.192. The van der Waals surface area contributed by atoms with Gasteiger partial charge < -0.3 is 4.57 Å². The second-order valence-electron chi connectivity index (χ2n) is 10.0. The molecule has 41 heavy (non-hydrogen) atoms. The number of hydrogen-bond acceptors (Lipinski definition) is 3. The molecule has 1 fully saturated rings. The molecule has 6 nitrogen and oxygen atoms in total. The molecule has 0 saturated carbocycles. The Labute approximate surface area is 238 Å². The van der Waals surface area contributed by atoms with Crippen molar-refractivity contribution in [2.45, 2.75) is 13.8 Å². The van der Waals surface area contributed by atoms with Gasteiger partial charge >= 0.3 is 6.03 Å². The lowest BCUT2D eigenvalue weighted by atomic mass is 10.0. The maximum atomic E-state index is 13.8. The van der Waals surface area contributed by atoms with Crippen LogP contribution in [0, 0.1) is 13.8 Å². The van der Waals surface area contributed by atoms with Gasteiger partial charge in [0.25, 0.3) is 11.8 Å². The number of hydrogen-bond donors (Lipinski definition) is 1. The number of imide groups is 2. The molecule has 0 spiro atoms. The maximum absolute atomic E-state index is 13.8. The van der Waals surface area contributed by atoms with Crippen LogP contribution in [0.15, 0.2) is 121 Å². The summed E-state index contributed by atoms with van der Waals surface area (Å²) >= 11 is 0. The number of carbonyl (C=O) groups is 3. The number of benzene rings is 4. The zero-order valence-electron chi connectivity index (χ0n) is 22.7. The van der Waals surface area contributed by atoms with Crippen molar-refractivity contribution >= 4 is 29.6 Å². The van der Waals surface area contributed by atoms with Crippen LogP contribution >= 0.6 is 0 Å². The summed E-state index contributed by atoms with van der Waals surface area (Å²) in [5.41, 5.74) is 7.31. The highest BCUT2D eigenvalue weighted by Crippen LogP contribution is 2.37. The number of aryl methyl sites for hydroxylation is 2. The molecule has 1 aliphatic heterocycles. The molecule has 0 aliphatic carbocycles. The van der Waals surface area contributed by atoms with Crippen molar-refractivity contribution in [1.29, 1.82) is 0 Å². The molecule has 0 radical (unpaired) electrons. The third kappa shape index (κ3) is 4.87. The Balaban J connectivity index is 1.59. The lowest BCUT2D eigenvalue weighted by Gasteiger charge is -2.27. The number of para-hydroxylation sites is 1. The first-order valence-corrected chi connectivity index (χ1v) is 13.3. The molecule has 200 valence electrons. The van der Waals surface area contributed by atoms with Gasteiger partial charge in [0, 0.05) is 11.3 Å². The van der Waals surface area contributed by atoms with Crippen LogP contribution in [0.3, 0.4) is 0 Å². The molecule has 1 aliphatic rings. The van der Waals surface area contributed by atoms with Gasteiger partial charge in [-0.3, -0.25) is 14.9 Å². The number of rotatable bonds is 5. The zero-order valence-corrected chi connectivity index (χ0v) is 22.7. The van der Waals surface area contributed by atoms with Crippen LogP contribution in [0.1, 0.15) is 16.7 Å². The fourth-order valence-corrected chi connectivity index (χ4v) is 5.33. The van der Waals surface area contributed by atoms with Gasteiger partial charge in [0.2, 0.25) is 0 Å². The predicted molar refractivity (Wildman–Crippen MR) is 162 cm³/mol. The van der Waals surface area contributed by atoms with Crippen molar-refractivity contribution < 1.29 is 14.4 Å². The van der Waals surface area contributed by atoms with Crippen molar-refractivity contribution in [2.24, 2.45) is 0 Å². The largest absolute Gasteiger partial charge is 0.335 e. The number of urea groups is 1. The van der Waals surface area contributed by atoms with Gasteiger partial charge in [-0.25, -0.2) is 9.69 Å². The van der Waals surface area contributed by atoms with E-state index in [1.54, 1.807) is 18.2 Å². The Kier molecular flexibility index (Phi) is 6.65. The van der Waals surface area contributed by atoms with Crippen molar-refractivity contribution in [3.05, 3.63) is 138 Å². The van der Waals surface area contributed by atoms with Crippen LogP contribution < -0.4 is 10.2 Å². The molecule has 2 heterocycles. The number of amides is 4. The van der Waals surface area contributed by atoms with E-state index in [0.29, 0.717) is 11.3 Å². The fourth-order valence-electron chi connectivity index (χ4n) is 5.33. The molecule has 0 atom stereocenters. The van der Waals surface area contributed by atoms with Crippen LogP contribution in [0.5, 0.6) is 0 Å². The van der Waals surface area contributed by atoms with Crippen molar-refractivity contribution in [2.75, 3.05) is 4.90 Å². The van der Waals surface area contributed by atoms with E-state index in [1.807, 2.05) is 117 Å². The SMILES string of the molecule is Cc1cc(C)cc(N2C(=O)NC(=O)/C(=C/c3cc(-c4ccccc4)n(-c4ccccc4)c3-c3ccccc3)C2=O)c1. The molecule has 5 aromatic rings. The van der Waals surface area contributed by atoms with Crippen LogP contribution in [-0.4, -0.2) is 22.4 Å². The van der Waals surface area contributed by atoms with Gasteiger partial charge in [0.05, 0.1) is 17.1 Å². The zero-order chi connectivity index (χ0) is 28.5. The Morgan fingerprint density at radius 3 is 1.80 bits per heavy atom. The molecule has 6 heteroatoms. The van der Waals surface area contributed by atoms with Gasteiger partial charge in [-0.15, -0.1) is 0 Å². The van der Waals surface area contributed by atoms with E-state index in [0.717, 1.165) is 44.2 Å². The van der Waals surface area contributed by atoms with Gasteiger partial charge in [0.15, 0.2) is 0 Å². The molecule has 1 aromatic heterocycles. The molecule has 1 saturated heterocycles. The highest BCUT2D eigenvalue weighted by Gasteiger charge is 2.37. The number of nitrogens with one attached hydrogen (secondary N) is 1. The van der Waals surface area contributed by atoms with E-state index in [-0.39, 0.29) is 5.57 Å². The average molecular weight is 538 g/mol. The summed E-state index contributed by atoms with van der Waals surface area (Å²) in [5.74, 6) is -1.40. The van der Waals surface area contributed by atoms with Gasteiger partial charge in [-0.2, -0.15) is 0 Å². The normalized spacial score (nSPS) is 14.4. The van der Waals surface area contributed by atoms with Gasteiger partial charge in [0.1, 0.15) is 5.57 Å². The molecule has 6 rings (SSSR count). The van der Waals surface area contributed by atoms with Crippen LogP contribution in [0.25, 0.3) is 34.3 Å². The predicted octanol–water partition coefficient (Wildman–Crippen LogP) is 7.09. The maximum Gasteiger partial charge on any atom is 0.335 e. The standard InChI is InChI=1S/C35H27N3O3/c1-23-18-24(2)20-29(19-23)38-34(40)30(33(39)36-35(38)41)21-27-22-31(25-12-6-3-7-13-25)37(28-16-10-5-11-17-28)32(27)26-14-8-4-9-15-26/h3-22H,1-2H3,(H,36,39,41)/b30-21-. The summed E-state index contributed by atoms with van der Waals surface area (Å²) in [7, 11) is 0. The van der Waals surface area contributed by atoms with E-state index in [4.69, 9.17) is 0 Å². The molecule has 0 unspecified atom stereocenters. The van der Waals surface area contributed by atoms with E-state index in [1.165, 1.54) is 0 Å². The van der Waals surface area contributed by atoms with E-state index in [9.17, 15) is 14.4 Å². The average Bonchev–Trinajstić information content (AvgIpc) is 3.35. The fraction of sp³-hybridized carbons (Fsp3) is 0.0571. The molecular weight excluding hydrogens is 510 g/mol. The van der Waals surface area contributed by atoms with Crippen LogP contribution in [0.4, 0.5) is 10.5 Å². The molecule has 1 N–H and O–H groups in total. The smallest absolute Gasteiger partial charge is 0.309 e. The molecule has 4 amide bonds. The second kappa shape index (κ2) is 10.6. The summed E-state index contributed by atoms with van der Waals surface area (Å²) in [5, 5.41) is 2.36.